The molecule has 0 bridgehead atoms. The molecule has 0 spiro atoms. The van der Waals surface area contributed by atoms with Gasteiger partial charge in [0.15, 0.2) is 0 Å². The molecule has 1 heterocycles. The Balaban J connectivity index is 2.30. The molecule has 1 aromatic rings. The van der Waals surface area contributed by atoms with Gasteiger partial charge in [-0.2, -0.15) is 0 Å². The molecule has 0 amide bonds. The van der Waals surface area contributed by atoms with E-state index in [-0.39, 0.29) is 5.97 Å². The van der Waals surface area contributed by atoms with Gasteiger partial charge in [-0.25, -0.2) is 0 Å². The summed E-state index contributed by atoms with van der Waals surface area (Å²) in [6.45, 7) is 2.93. The third-order valence-corrected chi connectivity index (χ3v) is 2.99. The number of hydrogen-bond acceptors (Lipinski definition) is 4. The predicted octanol–water partition coefficient (Wildman–Crippen LogP) is 1.53. The molecular weight excluding hydrogens is 220 g/mol. The normalized spacial score (nSPS) is 17.1. The number of hydrogen-bond donors (Lipinski definition) is 0. The van der Waals surface area contributed by atoms with Gasteiger partial charge < -0.3 is 14.2 Å². The lowest BCUT2D eigenvalue weighted by molar-refractivity contribution is -0.169. The molecule has 92 valence electrons. The maximum atomic E-state index is 12.0. The van der Waals surface area contributed by atoms with Crippen LogP contribution in [0.25, 0.3) is 0 Å². The second-order valence-electron chi connectivity index (χ2n) is 4.03. The number of carbonyl (C=O) groups is 1. The lowest BCUT2D eigenvalue weighted by Crippen LogP contribution is -2.53. The summed E-state index contributed by atoms with van der Waals surface area (Å²) in [5, 5.41) is 0. The third-order valence-electron chi connectivity index (χ3n) is 2.99. The highest BCUT2D eigenvalue weighted by Gasteiger charge is 2.49. The van der Waals surface area contributed by atoms with Crippen molar-refractivity contribution in [3.63, 3.8) is 0 Å². The van der Waals surface area contributed by atoms with Crippen molar-refractivity contribution in [2.45, 2.75) is 12.3 Å². The van der Waals surface area contributed by atoms with Gasteiger partial charge in [0.25, 0.3) is 0 Å². The van der Waals surface area contributed by atoms with Gasteiger partial charge in [0, 0.05) is 0 Å². The van der Waals surface area contributed by atoms with Gasteiger partial charge in [-0.15, -0.1) is 0 Å². The average molecular weight is 236 g/mol. The molecule has 0 atom stereocenters. The fourth-order valence-corrected chi connectivity index (χ4v) is 1.90. The molecule has 0 saturated carbocycles. The van der Waals surface area contributed by atoms with E-state index in [1.807, 2.05) is 24.3 Å². The maximum absolute atomic E-state index is 12.0. The highest BCUT2D eigenvalue weighted by Crippen LogP contribution is 2.35. The van der Waals surface area contributed by atoms with E-state index in [0.29, 0.717) is 19.8 Å². The summed E-state index contributed by atoms with van der Waals surface area (Å²) < 4.78 is 15.5. The molecule has 0 radical (unpaired) electrons. The first-order chi connectivity index (χ1) is 8.23. The molecule has 0 aliphatic carbocycles. The van der Waals surface area contributed by atoms with Crippen LogP contribution in [0.3, 0.4) is 0 Å². The Bertz CT molecular complexity index is 410. The van der Waals surface area contributed by atoms with Gasteiger partial charge in [0.05, 0.1) is 26.9 Å². The van der Waals surface area contributed by atoms with E-state index in [1.54, 1.807) is 14.0 Å². The standard InChI is InChI=1S/C13H16O4/c1-3-17-12(14)13(8-16-9-13)10-5-4-6-11(7-10)15-2/h4-7H,3,8-9H2,1-2H3. The number of methoxy groups -OCH3 is 1. The molecule has 1 aromatic carbocycles. The van der Waals surface area contributed by atoms with E-state index in [2.05, 4.69) is 0 Å². The van der Waals surface area contributed by atoms with Crippen LogP contribution >= 0.6 is 0 Å². The predicted molar refractivity (Wildman–Crippen MR) is 62.1 cm³/mol. The van der Waals surface area contributed by atoms with Crippen LogP contribution < -0.4 is 4.74 Å². The monoisotopic (exact) mass is 236 g/mol. The first-order valence-corrected chi connectivity index (χ1v) is 5.62. The highest BCUT2D eigenvalue weighted by atomic mass is 16.6. The second kappa shape index (κ2) is 4.75. The van der Waals surface area contributed by atoms with Crippen LogP contribution in [0.4, 0.5) is 0 Å². The summed E-state index contributed by atoms with van der Waals surface area (Å²) >= 11 is 0. The van der Waals surface area contributed by atoms with Gasteiger partial charge in [0.1, 0.15) is 11.2 Å². The zero-order chi connectivity index (χ0) is 12.3. The van der Waals surface area contributed by atoms with Crippen molar-refractivity contribution in [3.05, 3.63) is 29.8 Å². The Hall–Kier alpha value is -1.55. The van der Waals surface area contributed by atoms with Crippen LogP contribution in [-0.4, -0.2) is 32.9 Å². The van der Waals surface area contributed by atoms with Crippen molar-refractivity contribution in [2.24, 2.45) is 0 Å². The van der Waals surface area contributed by atoms with Crippen molar-refractivity contribution in [1.29, 1.82) is 0 Å². The molecule has 2 rings (SSSR count). The molecule has 1 fully saturated rings. The topological polar surface area (TPSA) is 44.8 Å². The van der Waals surface area contributed by atoms with E-state index in [4.69, 9.17) is 14.2 Å². The van der Waals surface area contributed by atoms with Crippen molar-refractivity contribution < 1.29 is 19.0 Å². The summed E-state index contributed by atoms with van der Waals surface area (Å²) in [6.07, 6.45) is 0. The first-order valence-electron chi connectivity index (χ1n) is 5.62. The van der Waals surface area contributed by atoms with Crippen LogP contribution in [0.2, 0.25) is 0 Å². The Morgan fingerprint density at radius 2 is 2.24 bits per heavy atom. The number of rotatable bonds is 4. The highest BCUT2D eigenvalue weighted by molar-refractivity contribution is 5.84. The van der Waals surface area contributed by atoms with Crippen molar-refractivity contribution in [3.8, 4) is 5.75 Å². The zero-order valence-electron chi connectivity index (χ0n) is 10.1. The van der Waals surface area contributed by atoms with Crippen LogP contribution in [0.1, 0.15) is 12.5 Å². The average Bonchev–Trinajstić information content (AvgIpc) is 2.28. The second-order valence-corrected chi connectivity index (χ2v) is 4.03. The zero-order valence-corrected chi connectivity index (χ0v) is 10.1. The van der Waals surface area contributed by atoms with Crippen LogP contribution in [-0.2, 0) is 19.7 Å². The quantitative estimate of drug-likeness (QED) is 0.744. The fourth-order valence-electron chi connectivity index (χ4n) is 1.90. The van der Waals surface area contributed by atoms with Crippen molar-refractivity contribution >= 4 is 5.97 Å². The Kier molecular flexibility index (Phi) is 3.33. The summed E-state index contributed by atoms with van der Waals surface area (Å²) in [5.41, 5.74) is 0.242. The van der Waals surface area contributed by atoms with Gasteiger partial charge >= 0.3 is 5.97 Å². The molecule has 0 unspecified atom stereocenters. The van der Waals surface area contributed by atoms with E-state index in [1.165, 1.54) is 0 Å². The molecule has 0 N–H and O–H groups in total. The minimum Gasteiger partial charge on any atom is -0.497 e. The number of ether oxygens (including phenoxy) is 3. The summed E-state index contributed by atoms with van der Waals surface area (Å²) in [5.74, 6) is 0.512. The molecular formula is C13H16O4. The van der Waals surface area contributed by atoms with Gasteiger partial charge in [0.2, 0.25) is 0 Å². The van der Waals surface area contributed by atoms with Gasteiger partial charge in [-0.05, 0) is 24.6 Å². The molecule has 4 nitrogen and oxygen atoms in total. The van der Waals surface area contributed by atoms with E-state index >= 15 is 0 Å². The minimum absolute atomic E-state index is 0.223. The number of carbonyl (C=O) groups excluding carboxylic acids is 1. The largest absolute Gasteiger partial charge is 0.497 e. The molecule has 17 heavy (non-hydrogen) atoms. The minimum atomic E-state index is -0.648. The molecule has 1 aliphatic rings. The van der Waals surface area contributed by atoms with Gasteiger partial charge in [-0.3, -0.25) is 4.79 Å². The molecule has 1 saturated heterocycles. The smallest absolute Gasteiger partial charge is 0.321 e. The lowest BCUT2D eigenvalue weighted by Gasteiger charge is -2.39. The van der Waals surface area contributed by atoms with Gasteiger partial charge in [-0.1, -0.05) is 12.1 Å². The number of esters is 1. The van der Waals surface area contributed by atoms with Crippen molar-refractivity contribution in [1.82, 2.24) is 0 Å². The molecule has 4 heteroatoms. The van der Waals surface area contributed by atoms with Crippen molar-refractivity contribution in [2.75, 3.05) is 26.9 Å². The Morgan fingerprint density at radius 3 is 2.76 bits per heavy atom. The van der Waals surface area contributed by atoms with Crippen LogP contribution in [0, 0.1) is 0 Å². The Morgan fingerprint density at radius 1 is 1.47 bits per heavy atom. The SMILES string of the molecule is CCOC(=O)C1(c2cccc(OC)c2)COC1. The fraction of sp³-hybridized carbons (Fsp3) is 0.462. The molecule has 1 aliphatic heterocycles. The van der Waals surface area contributed by atoms with E-state index in [9.17, 15) is 4.79 Å². The third kappa shape index (κ3) is 2.00. The van der Waals surface area contributed by atoms with E-state index < -0.39 is 5.41 Å². The maximum Gasteiger partial charge on any atom is 0.321 e. The van der Waals surface area contributed by atoms with Crippen LogP contribution in [0.15, 0.2) is 24.3 Å². The van der Waals surface area contributed by atoms with E-state index in [0.717, 1.165) is 11.3 Å². The number of benzene rings is 1. The summed E-state index contributed by atoms with van der Waals surface area (Å²) in [6, 6.07) is 7.48. The summed E-state index contributed by atoms with van der Waals surface area (Å²) in [4.78, 5) is 12.0. The Labute approximate surface area is 100 Å². The lowest BCUT2D eigenvalue weighted by atomic mass is 9.78. The first kappa shape index (κ1) is 11.9. The van der Waals surface area contributed by atoms with Crippen LogP contribution in [0.5, 0.6) is 5.75 Å². The molecule has 0 aromatic heterocycles. The summed E-state index contributed by atoms with van der Waals surface area (Å²) in [7, 11) is 1.60.